The largest absolute Gasteiger partial charge is 0.387 e. The number of rotatable bonds is 35. The molecule has 0 radical (unpaired) electrons. The average Bonchev–Trinajstić information content (AvgIpc) is 3.03. The molecule has 2 amide bonds. The van der Waals surface area contributed by atoms with E-state index in [0.717, 1.165) is 18.5 Å². The quantitative estimate of drug-likeness (QED) is 0.0700. The maximum Gasteiger partial charge on any atom is 0.246 e. The first-order valence-corrected chi connectivity index (χ1v) is 17.0. The Morgan fingerprint density at radius 3 is 1.94 bits per heavy atom. The van der Waals surface area contributed by atoms with Crippen LogP contribution in [-0.2, 0) is 47.7 Å². The van der Waals surface area contributed by atoms with Gasteiger partial charge in [-0.15, -0.1) is 0 Å². The fourth-order valence-electron chi connectivity index (χ4n) is 4.53. The van der Waals surface area contributed by atoms with Gasteiger partial charge in [0.25, 0.3) is 0 Å². The standard InChI is InChI=1S/C34H60N4O10/c1-26(32(42)11-6-4-5-9-29(34(36)44)13-12-28(3)39)22-30(40)10-7-8-27(2)37-14-16-45-19-21-48-25-33(43)38-15-17-46-18-20-47-24-31(41)23-35/h26,29,37H,2,4-25,35H2,1,3H3,(H2,36,44)(H,38,43)/t26-,29-/m1/s1. The van der Waals surface area contributed by atoms with E-state index < -0.39 is 0 Å². The third-order valence-corrected chi connectivity index (χ3v) is 7.40. The summed E-state index contributed by atoms with van der Waals surface area (Å²) in [5.74, 6) is -1.27. The van der Waals surface area contributed by atoms with Gasteiger partial charge in [-0.25, -0.2) is 0 Å². The Labute approximate surface area is 285 Å². The highest BCUT2D eigenvalue weighted by molar-refractivity contribution is 5.87. The molecule has 0 aliphatic rings. The fourth-order valence-corrected chi connectivity index (χ4v) is 4.53. The minimum Gasteiger partial charge on any atom is -0.387 e. The van der Waals surface area contributed by atoms with E-state index in [9.17, 15) is 28.8 Å². The van der Waals surface area contributed by atoms with E-state index in [0.29, 0.717) is 90.9 Å². The number of ether oxygens (including phenoxy) is 4. The lowest BCUT2D eigenvalue weighted by Gasteiger charge is -2.13. The minimum absolute atomic E-state index is 0.0286. The molecule has 276 valence electrons. The summed E-state index contributed by atoms with van der Waals surface area (Å²) < 4.78 is 21.1. The molecule has 14 heteroatoms. The maximum atomic E-state index is 12.5. The van der Waals surface area contributed by atoms with Crippen LogP contribution in [0.4, 0.5) is 0 Å². The van der Waals surface area contributed by atoms with Crippen LogP contribution >= 0.6 is 0 Å². The summed E-state index contributed by atoms with van der Waals surface area (Å²) in [6.45, 7) is 9.93. The third kappa shape index (κ3) is 28.0. The zero-order chi connectivity index (χ0) is 36.0. The zero-order valence-corrected chi connectivity index (χ0v) is 29.2. The Kier molecular flexibility index (Phi) is 28.1. The number of hydrogen-bond acceptors (Lipinski definition) is 12. The van der Waals surface area contributed by atoms with Gasteiger partial charge in [-0.2, -0.15) is 0 Å². The number of amides is 2. The number of Topliss-reactive ketones (excluding diaryl/α,β-unsaturated/α-hetero) is 4. The zero-order valence-electron chi connectivity index (χ0n) is 29.2. The first-order valence-electron chi connectivity index (χ1n) is 17.0. The van der Waals surface area contributed by atoms with E-state index in [4.69, 9.17) is 30.4 Å². The molecule has 0 unspecified atom stereocenters. The number of carbonyl (C=O) groups excluding carboxylic acids is 6. The van der Waals surface area contributed by atoms with Gasteiger partial charge in [0.2, 0.25) is 11.8 Å². The summed E-state index contributed by atoms with van der Waals surface area (Å²) in [6, 6.07) is 0. The van der Waals surface area contributed by atoms with Crippen molar-refractivity contribution in [2.24, 2.45) is 23.3 Å². The van der Waals surface area contributed by atoms with Gasteiger partial charge in [-0.1, -0.05) is 26.3 Å². The number of nitrogens with one attached hydrogen (secondary N) is 2. The monoisotopic (exact) mass is 684 g/mol. The maximum absolute atomic E-state index is 12.5. The van der Waals surface area contributed by atoms with Crippen molar-refractivity contribution < 1.29 is 47.7 Å². The molecule has 0 aromatic rings. The Morgan fingerprint density at radius 2 is 1.31 bits per heavy atom. The van der Waals surface area contributed by atoms with E-state index in [2.05, 4.69) is 17.2 Å². The number of allylic oxidation sites excluding steroid dienone is 1. The Hall–Kier alpha value is -3.04. The summed E-state index contributed by atoms with van der Waals surface area (Å²) in [7, 11) is 0. The smallest absolute Gasteiger partial charge is 0.246 e. The number of carbonyl (C=O) groups is 6. The van der Waals surface area contributed by atoms with E-state index in [1.807, 2.05) is 0 Å². The van der Waals surface area contributed by atoms with Crippen LogP contribution in [0.15, 0.2) is 12.3 Å². The first-order chi connectivity index (χ1) is 23.0. The van der Waals surface area contributed by atoms with Crippen LogP contribution in [0.2, 0.25) is 0 Å². The normalized spacial score (nSPS) is 12.2. The van der Waals surface area contributed by atoms with Crippen LogP contribution in [0.5, 0.6) is 0 Å². The van der Waals surface area contributed by atoms with Crippen molar-refractivity contribution in [3.63, 3.8) is 0 Å². The van der Waals surface area contributed by atoms with Gasteiger partial charge in [0.1, 0.15) is 30.6 Å². The second kappa shape index (κ2) is 30.1. The molecule has 0 aromatic carbocycles. The van der Waals surface area contributed by atoms with Crippen molar-refractivity contribution in [3.05, 3.63) is 12.3 Å². The molecule has 2 atom stereocenters. The molecule has 0 saturated carbocycles. The summed E-state index contributed by atoms with van der Waals surface area (Å²) >= 11 is 0. The predicted octanol–water partition coefficient (Wildman–Crippen LogP) is 1.56. The number of ketones is 4. The van der Waals surface area contributed by atoms with E-state index >= 15 is 0 Å². The molecule has 0 fully saturated rings. The first kappa shape index (κ1) is 45.0. The molecule has 0 bridgehead atoms. The number of primary amides is 1. The van der Waals surface area contributed by atoms with Gasteiger partial charge in [0.15, 0.2) is 5.78 Å². The molecular formula is C34H60N4O10. The van der Waals surface area contributed by atoms with Crippen LogP contribution in [0.25, 0.3) is 0 Å². The van der Waals surface area contributed by atoms with Crippen molar-refractivity contribution in [2.45, 2.75) is 84.5 Å². The van der Waals surface area contributed by atoms with Gasteiger partial charge in [0, 0.05) is 56.3 Å². The van der Waals surface area contributed by atoms with Crippen molar-refractivity contribution >= 4 is 34.9 Å². The van der Waals surface area contributed by atoms with Gasteiger partial charge >= 0.3 is 0 Å². The van der Waals surface area contributed by atoms with E-state index in [1.165, 1.54) is 6.92 Å². The van der Waals surface area contributed by atoms with Gasteiger partial charge < -0.3 is 45.8 Å². The molecule has 0 aliphatic carbocycles. The van der Waals surface area contributed by atoms with E-state index in [-0.39, 0.29) is 86.2 Å². The topological polar surface area (TPSA) is 215 Å². The van der Waals surface area contributed by atoms with Gasteiger partial charge in [-0.3, -0.25) is 24.0 Å². The lowest BCUT2D eigenvalue weighted by molar-refractivity contribution is -0.127. The lowest BCUT2D eigenvalue weighted by atomic mass is 9.92. The SMILES string of the molecule is C=C(CCCC(=O)C[C@@H](C)C(=O)CCCCC[C@H](CCC(C)=O)C(N)=O)NCCOCCOCC(=O)NCCOCCOCC(=O)CN. The van der Waals surface area contributed by atoms with Crippen LogP contribution < -0.4 is 22.1 Å². The molecule has 0 rings (SSSR count). The summed E-state index contributed by atoms with van der Waals surface area (Å²) in [6.07, 6.45) is 6.01. The summed E-state index contributed by atoms with van der Waals surface area (Å²) in [5.41, 5.74) is 11.4. The highest BCUT2D eigenvalue weighted by atomic mass is 16.5. The average molecular weight is 685 g/mol. The second-order valence-corrected chi connectivity index (χ2v) is 11.9. The summed E-state index contributed by atoms with van der Waals surface area (Å²) in [5, 5.41) is 5.83. The van der Waals surface area contributed by atoms with Gasteiger partial charge in [-0.05, 0) is 39.0 Å². The molecule has 0 spiro atoms. The lowest BCUT2D eigenvalue weighted by Crippen LogP contribution is -2.31. The van der Waals surface area contributed by atoms with Gasteiger partial charge in [0.05, 0.1) is 46.2 Å². The Morgan fingerprint density at radius 1 is 0.688 bits per heavy atom. The second-order valence-electron chi connectivity index (χ2n) is 11.9. The van der Waals surface area contributed by atoms with Crippen LogP contribution in [0, 0.1) is 11.8 Å². The predicted molar refractivity (Wildman–Crippen MR) is 181 cm³/mol. The van der Waals surface area contributed by atoms with Crippen LogP contribution in [0.1, 0.15) is 84.5 Å². The molecule has 0 saturated heterocycles. The molecule has 0 heterocycles. The molecule has 14 nitrogen and oxygen atoms in total. The number of unbranched alkanes of at least 4 members (excludes halogenated alkanes) is 2. The van der Waals surface area contributed by atoms with Crippen molar-refractivity contribution in [1.82, 2.24) is 10.6 Å². The fraction of sp³-hybridized carbons (Fsp3) is 0.765. The van der Waals surface area contributed by atoms with Crippen LogP contribution in [0.3, 0.4) is 0 Å². The van der Waals surface area contributed by atoms with Crippen molar-refractivity contribution in [2.75, 3.05) is 72.5 Å². The highest BCUT2D eigenvalue weighted by Gasteiger charge is 2.18. The molecular weight excluding hydrogens is 624 g/mol. The molecule has 0 aliphatic heterocycles. The Balaban J connectivity index is 3.71. The Bertz CT molecular complexity index is 976. The number of hydrogen-bond donors (Lipinski definition) is 4. The van der Waals surface area contributed by atoms with Crippen LogP contribution in [-0.4, -0.2) is 107 Å². The van der Waals surface area contributed by atoms with Crippen molar-refractivity contribution in [3.8, 4) is 0 Å². The minimum atomic E-state index is -0.384. The molecule has 48 heavy (non-hydrogen) atoms. The third-order valence-electron chi connectivity index (χ3n) is 7.40. The molecule has 6 N–H and O–H groups in total. The summed E-state index contributed by atoms with van der Waals surface area (Å²) in [4.78, 5) is 70.3. The number of nitrogens with two attached hydrogens (primary N) is 2. The van der Waals surface area contributed by atoms with E-state index in [1.54, 1.807) is 6.92 Å². The highest BCUT2D eigenvalue weighted by Crippen LogP contribution is 2.18. The van der Waals surface area contributed by atoms with Crippen molar-refractivity contribution in [1.29, 1.82) is 0 Å². The molecule has 0 aromatic heterocycles.